The summed E-state index contributed by atoms with van der Waals surface area (Å²) in [5.74, 6) is 0. The lowest BCUT2D eigenvalue weighted by atomic mass is 10.0. The molecule has 0 amide bonds. The highest BCUT2D eigenvalue weighted by atomic mass is 32.1. The smallest absolute Gasteiger partial charge is 0.0831 e. The zero-order valence-electron chi connectivity index (χ0n) is 9.78. The maximum Gasteiger partial charge on any atom is 0.0831 e. The highest BCUT2D eigenvalue weighted by molar-refractivity contribution is 7.07. The fraction of sp³-hybridized carbons (Fsp3) is 0.133. The van der Waals surface area contributed by atoms with Gasteiger partial charge in [-0.3, -0.25) is 4.98 Å². The number of benzene rings is 1. The van der Waals surface area contributed by atoms with Crippen LogP contribution < -0.4 is 0 Å². The predicted molar refractivity (Wildman–Crippen MR) is 74.7 cm³/mol. The second-order valence-corrected chi connectivity index (χ2v) is 5.09. The fourth-order valence-corrected chi connectivity index (χ4v) is 2.72. The molecule has 0 aliphatic heterocycles. The van der Waals surface area contributed by atoms with E-state index in [2.05, 4.69) is 10.4 Å². The molecule has 1 N–H and O–H groups in total. The largest absolute Gasteiger partial charge is 0.388 e. The topological polar surface area (TPSA) is 33.1 Å². The van der Waals surface area contributed by atoms with Gasteiger partial charge in [-0.1, -0.05) is 18.2 Å². The summed E-state index contributed by atoms with van der Waals surface area (Å²) >= 11 is 1.66. The van der Waals surface area contributed by atoms with E-state index >= 15 is 0 Å². The second kappa shape index (κ2) is 4.88. The minimum atomic E-state index is -0.467. The average Bonchev–Trinajstić information content (AvgIpc) is 2.91. The Morgan fingerprint density at radius 1 is 1.22 bits per heavy atom. The van der Waals surface area contributed by atoms with Crippen LogP contribution in [0.3, 0.4) is 0 Å². The number of hydrogen-bond acceptors (Lipinski definition) is 3. The van der Waals surface area contributed by atoms with Gasteiger partial charge in [0.25, 0.3) is 0 Å². The number of pyridine rings is 1. The van der Waals surface area contributed by atoms with E-state index < -0.39 is 6.10 Å². The van der Waals surface area contributed by atoms with Gasteiger partial charge in [-0.15, -0.1) is 0 Å². The van der Waals surface area contributed by atoms with Crippen LogP contribution in [0.25, 0.3) is 10.9 Å². The van der Waals surface area contributed by atoms with Crippen molar-refractivity contribution in [2.75, 3.05) is 0 Å². The maximum atomic E-state index is 10.2. The zero-order chi connectivity index (χ0) is 12.4. The molecule has 18 heavy (non-hydrogen) atoms. The van der Waals surface area contributed by atoms with Gasteiger partial charge in [-0.25, -0.2) is 0 Å². The summed E-state index contributed by atoms with van der Waals surface area (Å²) in [5, 5.41) is 15.4. The number of aromatic nitrogens is 1. The van der Waals surface area contributed by atoms with Crippen LogP contribution in [0.15, 0.2) is 53.4 Å². The molecular formula is C15H13NOS. The molecule has 2 nitrogen and oxygen atoms in total. The van der Waals surface area contributed by atoms with Gasteiger partial charge in [-0.2, -0.15) is 11.3 Å². The second-order valence-electron chi connectivity index (χ2n) is 4.31. The number of aliphatic hydroxyl groups is 1. The summed E-state index contributed by atoms with van der Waals surface area (Å²) in [4.78, 5) is 4.31. The lowest BCUT2D eigenvalue weighted by Gasteiger charge is -2.10. The quantitative estimate of drug-likeness (QED) is 0.776. The number of thiophene rings is 1. The van der Waals surface area contributed by atoms with Gasteiger partial charge in [0.2, 0.25) is 0 Å². The molecule has 0 bridgehead atoms. The van der Waals surface area contributed by atoms with Crippen LogP contribution in [-0.2, 0) is 6.42 Å². The minimum Gasteiger partial charge on any atom is -0.388 e. The van der Waals surface area contributed by atoms with Gasteiger partial charge in [0.1, 0.15) is 0 Å². The summed E-state index contributed by atoms with van der Waals surface area (Å²) in [6.07, 6.45) is 1.96. The van der Waals surface area contributed by atoms with E-state index in [9.17, 15) is 5.11 Å². The molecule has 1 atom stereocenters. The standard InChI is InChI=1S/C15H13NOS/c17-15(8-11-5-7-18-10-11)13-4-3-12-2-1-6-16-14(12)9-13/h1-7,9-10,15,17H,8H2. The molecule has 2 heterocycles. The Balaban J connectivity index is 1.89. The fourth-order valence-electron chi connectivity index (χ4n) is 2.04. The molecule has 90 valence electrons. The van der Waals surface area contributed by atoms with Crippen molar-refractivity contribution in [2.24, 2.45) is 0 Å². The van der Waals surface area contributed by atoms with Crippen molar-refractivity contribution >= 4 is 22.2 Å². The predicted octanol–water partition coefficient (Wildman–Crippen LogP) is 3.57. The number of rotatable bonds is 3. The first-order valence-corrected chi connectivity index (χ1v) is 6.81. The summed E-state index contributed by atoms with van der Waals surface area (Å²) in [6, 6.07) is 11.9. The molecule has 1 aromatic carbocycles. The highest BCUT2D eigenvalue weighted by Gasteiger charge is 2.09. The summed E-state index contributed by atoms with van der Waals surface area (Å²) < 4.78 is 0. The Morgan fingerprint density at radius 2 is 2.17 bits per heavy atom. The van der Waals surface area contributed by atoms with E-state index in [1.54, 1.807) is 17.5 Å². The van der Waals surface area contributed by atoms with Crippen molar-refractivity contribution in [3.05, 3.63) is 64.5 Å². The zero-order valence-corrected chi connectivity index (χ0v) is 10.6. The monoisotopic (exact) mass is 255 g/mol. The molecule has 2 aromatic heterocycles. The van der Waals surface area contributed by atoms with E-state index in [0.29, 0.717) is 6.42 Å². The van der Waals surface area contributed by atoms with Crippen molar-refractivity contribution in [3.8, 4) is 0 Å². The molecule has 0 aliphatic rings. The van der Waals surface area contributed by atoms with Crippen molar-refractivity contribution in [3.63, 3.8) is 0 Å². The van der Waals surface area contributed by atoms with Crippen molar-refractivity contribution in [1.82, 2.24) is 4.98 Å². The molecule has 3 aromatic rings. The minimum absolute atomic E-state index is 0.467. The van der Waals surface area contributed by atoms with E-state index in [1.807, 2.05) is 41.8 Å². The van der Waals surface area contributed by atoms with Crippen LogP contribution in [0.1, 0.15) is 17.2 Å². The van der Waals surface area contributed by atoms with Crippen molar-refractivity contribution in [2.45, 2.75) is 12.5 Å². The SMILES string of the molecule is OC(Cc1ccsc1)c1ccc2cccnc2c1. The van der Waals surface area contributed by atoms with Crippen LogP contribution in [0.5, 0.6) is 0 Å². The van der Waals surface area contributed by atoms with Crippen LogP contribution in [-0.4, -0.2) is 10.1 Å². The molecule has 0 spiro atoms. The third-order valence-electron chi connectivity index (χ3n) is 3.02. The van der Waals surface area contributed by atoms with E-state index in [0.717, 1.165) is 16.5 Å². The van der Waals surface area contributed by atoms with Gasteiger partial charge < -0.3 is 5.11 Å². The lowest BCUT2D eigenvalue weighted by Crippen LogP contribution is -2.01. The third kappa shape index (κ3) is 2.28. The highest BCUT2D eigenvalue weighted by Crippen LogP contribution is 2.22. The van der Waals surface area contributed by atoms with Crippen LogP contribution in [0.4, 0.5) is 0 Å². The first kappa shape index (κ1) is 11.4. The Labute approximate surface area is 110 Å². The lowest BCUT2D eigenvalue weighted by molar-refractivity contribution is 0.178. The molecule has 0 fully saturated rings. The Kier molecular flexibility index (Phi) is 3.09. The van der Waals surface area contributed by atoms with Gasteiger partial charge in [0, 0.05) is 18.0 Å². The summed E-state index contributed by atoms with van der Waals surface area (Å²) in [5.41, 5.74) is 3.03. The first-order chi connectivity index (χ1) is 8.83. The normalized spacial score (nSPS) is 12.7. The Morgan fingerprint density at radius 3 is 3.00 bits per heavy atom. The Bertz CT molecular complexity index is 648. The van der Waals surface area contributed by atoms with Crippen LogP contribution >= 0.6 is 11.3 Å². The van der Waals surface area contributed by atoms with Gasteiger partial charge in [-0.05, 0) is 40.1 Å². The molecule has 1 unspecified atom stereocenters. The van der Waals surface area contributed by atoms with E-state index in [1.165, 1.54) is 5.56 Å². The van der Waals surface area contributed by atoms with Gasteiger partial charge >= 0.3 is 0 Å². The van der Waals surface area contributed by atoms with E-state index in [4.69, 9.17) is 0 Å². The molecule has 3 rings (SSSR count). The third-order valence-corrected chi connectivity index (χ3v) is 3.76. The number of fused-ring (bicyclic) bond motifs is 1. The number of hydrogen-bond donors (Lipinski definition) is 1. The molecule has 0 radical (unpaired) electrons. The molecule has 0 saturated carbocycles. The van der Waals surface area contributed by atoms with E-state index in [-0.39, 0.29) is 0 Å². The molecule has 3 heteroatoms. The van der Waals surface area contributed by atoms with Crippen molar-refractivity contribution < 1.29 is 5.11 Å². The average molecular weight is 255 g/mol. The summed E-state index contributed by atoms with van der Waals surface area (Å²) in [6.45, 7) is 0. The maximum absolute atomic E-state index is 10.2. The van der Waals surface area contributed by atoms with Gasteiger partial charge in [0.15, 0.2) is 0 Å². The summed E-state index contributed by atoms with van der Waals surface area (Å²) in [7, 11) is 0. The first-order valence-electron chi connectivity index (χ1n) is 5.87. The Hall–Kier alpha value is -1.71. The molecule has 0 aliphatic carbocycles. The van der Waals surface area contributed by atoms with Crippen LogP contribution in [0.2, 0.25) is 0 Å². The van der Waals surface area contributed by atoms with Crippen LogP contribution in [0, 0.1) is 0 Å². The molecular weight excluding hydrogens is 242 g/mol. The molecule has 0 saturated heterocycles. The number of aliphatic hydroxyl groups excluding tert-OH is 1. The van der Waals surface area contributed by atoms with Crippen molar-refractivity contribution in [1.29, 1.82) is 0 Å². The number of nitrogens with zero attached hydrogens (tertiary/aromatic N) is 1. The van der Waals surface area contributed by atoms with Gasteiger partial charge in [0.05, 0.1) is 11.6 Å².